The Morgan fingerprint density at radius 3 is 2.80 bits per heavy atom. The normalized spacial score (nSPS) is 18.4. The Labute approximate surface area is 122 Å². The van der Waals surface area contributed by atoms with Crippen LogP contribution in [0.15, 0.2) is 18.2 Å². The molecule has 1 aliphatic rings. The van der Waals surface area contributed by atoms with E-state index in [9.17, 15) is 4.79 Å². The van der Waals surface area contributed by atoms with Crippen molar-refractivity contribution in [3.63, 3.8) is 0 Å². The first kappa shape index (κ1) is 13.4. The molecule has 1 amide bonds. The minimum atomic E-state index is 0.204. The van der Waals surface area contributed by atoms with Crippen molar-refractivity contribution in [1.29, 1.82) is 0 Å². The van der Waals surface area contributed by atoms with Crippen LogP contribution in [-0.2, 0) is 4.79 Å². The maximum Gasteiger partial charge on any atom is 0.209 e. The Morgan fingerprint density at radius 2 is 2.10 bits per heavy atom. The second kappa shape index (κ2) is 5.42. The summed E-state index contributed by atoms with van der Waals surface area (Å²) in [6, 6.07) is 5.87. The van der Waals surface area contributed by atoms with Crippen LogP contribution in [0.2, 0.25) is 5.02 Å². The second-order valence-corrected chi connectivity index (χ2v) is 5.57. The molecule has 1 fully saturated rings. The van der Waals surface area contributed by atoms with E-state index in [0.29, 0.717) is 5.02 Å². The maximum atomic E-state index is 10.7. The molecule has 1 aromatic heterocycles. The summed E-state index contributed by atoms with van der Waals surface area (Å²) < 4.78 is 0. The molecule has 20 heavy (non-hydrogen) atoms. The molecule has 0 saturated carbocycles. The molecule has 0 aliphatic carbocycles. The molecule has 1 aliphatic heterocycles. The Morgan fingerprint density at radius 1 is 1.35 bits per heavy atom. The Bertz CT molecular complexity index is 619. The standard InChI is InChI=1S/C14H17ClN4O/c1-10(19-6-4-18(9-20)5-7-19)14-16-12-3-2-11(15)8-13(12)17-14/h2-3,8-10H,4-7H2,1H3,(H,16,17). The minimum absolute atomic E-state index is 0.204. The number of carbonyl (C=O) groups excluding carboxylic acids is 1. The first-order valence-corrected chi connectivity index (χ1v) is 7.14. The summed E-state index contributed by atoms with van der Waals surface area (Å²) in [5.41, 5.74) is 1.90. The van der Waals surface area contributed by atoms with Gasteiger partial charge in [-0.3, -0.25) is 9.69 Å². The number of aromatic amines is 1. The van der Waals surface area contributed by atoms with Crippen molar-refractivity contribution in [2.24, 2.45) is 0 Å². The van der Waals surface area contributed by atoms with Gasteiger partial charge < -0.3 is 9.88 Å². The number of hydrogen-bond donors (Lipinski definition) is 1. The number of halogens is 1. The van der Waals surface area contributed by atoms with Crippen LogP contribution in [0.3, 0.4) is 0 Å². The summed E-state index contributed by atoms with van der Waals surface area (Å²) in [6.45, 7) is 5.44. The summed E-state index contributed by atoms with van der Waals surface area (Å²) in [5, 5.41) is 0.708. The van der Waals surface area contributed by atoms with Gasteiger partial charge in [0.25, 0.3) is 0 Å². The average molecular weight is 293 g/mol. The summed E-state index contributed by atoms with van der Waals surface area (Å²) >= 11 is 5.99. The molecule has 1 atom stereocenters. The molecule has 3 rings (SSSR count). The van der Waals surface area contributed by atoms with Crippen molar-refractivity contribution < 1.29 is 4.79 Å². The van der Waals surface area contributed by atoms with Gasteiger partial charge in [0.15, 0.2) is 0 Å². The van der Waals surface area contributed by atoms with Gasteiger partial charge in [-0.2, -0.15) is 0 Å². The smallest absolute Gasteiger partial charge is 0.209 e. The van der Waals surface area contributed by atoms with Crippen LogP contribution < -0.4 is 0 Å². The van der Waals surface area contributed by atoms with Crippen molar-refractivity contribution in [2.75, 3.05) is 26.2 Å². The predicted octanol–water partition coefficient (Wildman–Crippen LogP) is 2.05. The lowest BCUT2D eigenvalue weighted by Gasteiger charge is -2.35. The lowest BCUT2D eigenvalue weighted by molar-refractivity contribution is -0.120. The van der Waals surface area contributed by atoms with Crippen LogP contribution in [0.25, 0.3) is 11.0 Å². The first-order chi connectivity index (χ1) is 9.67. The lowest BCUT2D eigenvalue weighted by Crippen LogP contribution is -2.46. The first-order valence-electron chi connectivity index (χ1n) is 6.76. The van der Waals surface area contributed by atoms with Crippen molar-refractivity contribution >= 4 is 29.0 Å². The Balaban J connectivity index is 1.78. The molecule has 2 heterocycles. The zero-order valence-corrected chi connectivity index (χ0v) is 12.1. The van der Waals surface area contributed by atoms with Crippen molar-refractivity contribution in [1.82, 2.24) is 19.8 Å². The molecule has 5 nitrogen and oxygen atoms in total. The highest BCUT2D eigenvalue weighted by Gasteiger charge is 2.23. The van der Waals surface area contributed by atoms with Crippen LogP contribution in [0.1, 0.15) is 18.8 Å². The van der Waals surface area contributed by atoms with E-state index in [1.54, 1.807) is 0 Å². The molecule has 1 aromatic carbocycles. The molecular weight excluding hydrogens is 276 g/mol. The number of H-pyrrole nitrogens is 1. The molecule has 1 unspecified atom stereocenters. The van der Waals surface area contributed by atoms with E-state index >= 15 is 0 Å². The maximum absolute atomic E-state index is 10.7. The van der Waals surface area contributed by atoms with Crippen molar-refractivity contribution in [2.45, 2.75) is 13.0 Å². The number of carbonyl (C=O) groups is 1. The van der Waals surface area contributed by atoms with Gasteiger partial charge in [-0.05, 0) is 25.1 Å². The van der Waals surface area contributed by atoms with Gasteiger partial charge >= 0.3 is 0 Å². The number of nitrogens with one attached hydrogen (secondary N) is 1. The zero-order chi connectivity index (χ0) is 14.1. The fraction of sp³-hybridized carbons (Fsp3) is 0.429. The molecule has 1 N–H and O–H groups in total. The van der Waals surface area contributed by atoms with E-state index in [4.69, 9.17) is 11.6 Å². The van der Waals surface area contributed by atoms with Gasteiger partial charge in [0.05, 0.1) is 17.1 Å². The van der Waals surface area contributed by atoms with E-state index in [0.717, 1.165) is 49.4 Å². The summed E-state index contributed by atoms with van der Waals surface area (Å²) in [7, 11) is 0. The Kier molecular flexibility index (Phi) is 3.63. The third kappa shape index (κ3) is 2.51. The van der Waals surface area contributed by atoms with E-state index in [2.05, 4.69) is 21.8 Å². The minimum Gasteiger partial charge on any atom is -0.343 e. The van der Waals surface area contributed by atoms with Crippen molar-refractivity contribution in [3.8, 4) is 0 Å². The van der Waals surface area contributed by atoms with Gasteiger partial charge in [-0.25, -0.2) is 4.98 Å². The average Bonchev–Trinajstić information content (AvgIpc) is 2.89. The zero-order valence-electron chi connectivity index (χ0n) is 11.3. The fourth-order valence-corrected chi connectivity index (χ4v) is 2.77. The molecule has 0 radical (unpaired) electrons. The molecule has 0 bridgehead atoms. The monoisotopic (exact) mass is 292 g/mol. The number of nitrogens with zero attached hydrogens (tertiary/aromatic N) is 3. The largest absolute Gasteiger partial charge is 0.343 e. The summed E-state index contributed by atoms with van der Waals surface area (Å²) in [4.78, 5) is 22.8. The van der Waals surface area contributed by atoms with Gasteiger partial charge in [0, 0.05) is 31.2 Å². The summed E-state index contributed by atoms with van der Waals surface area (Å²) in [5.74, 6) is 0.946. The lowest BCUT2D eigenvalue weighted by atomic mass is 10.2. The van der Waals surface area contributed by atoms with Gasteiger partial charge in [0.1, 0.15) is 5.82 Å². The highest BCUT2D eigenvalue weighted by molar-refractivity contribution is 6.31. The van der Waals surface area contributed by atoms with Crippen LogP contribution in [0.5, 0.6) is 0 Å². The molecule has 106 valence electrons. The van der Waals surface area contributed by atoms with E-state index in [-0.39, 0.29) is 6.04 Å². The number of piperazine rings is 1. The van der Waals surface area contributed by atoms with Crippen LogP contribution in [-0.4, -0.2) is 52.4 Å². The number of hydrogen-bond acceptors (Lipinski definition) is 3. The second-order valence-electron chi connectivity index (χ2n) is 5.14. The van der Waals surface area contributed by atoms with Gasteiger partial charge in [-0.15, -0.1) is 0 Å². The summed E-state index contributed by atoms with van der Waals surface area (Å²) in [6.07, 6.45) is 0.922. The number of rotatable bonds is 3. The van der Waals surface area contributed by atoms with Crippen LogP contribution in [0.4, 0.5) is 0 Å². The molecule has 1 saturated heterocycles. The highest BCUT2D eigenvalue weighted by atomic mass is 35.5. The fourth-order valence-electron chi connectivity index (χ4n) is 2.60. The number of aromatic nitrogens is 2. The van der Waals surface area contributed by atoms with Crippen molar-refractivity contribution in [3.05, 3.63) is 29.0 Å². The molecule has 0 spiro atoms. The van der Waals surface area contributed by atoms with E-state index < -0.39 is 0 Å². The molecule has 2 aromatic rings. The van der Waals surface area contributed by atoms with E-state index in [1.165, 1.54) is 0 Å². The predicted molar refractivity (Wildman–Crippen MR) is 78.7 cm³/mol. The third-order valence-corrected chi connectivity index (χ3v) is 4.14. The van der Waals surface area contributed by atoms with Gasteiger partial charge in [0.2, 0.25) is 6.41 Å². The number of benzene rings is 1. The van der Waals surface area contributed by atoms with Gasteiger partial charge in [-0.1, -0.05) is 11.6 Å². The van der Waals surface area contributed by atoms with E-state index in [1.807, 2.05) is 23.1 Å². The topological polar surface area (TPSA) is 52.2 Å². The van der Waals surface area contributed by atoms with Crippen LogP contribution in [0, 0.1) is 0 Å². The number of amides is 1. The molecule has 6 heteroatoms. The number of fused-ring (bicyclic) bond motifs is 1. The SMILES string of the molecule is CC(c1nc2ccc(Cl)cc2[nH]1)N1CCN(C=O)CC1. The van der Waals surface area contributed by atoms with Crippen LogP contribution >= 0.6 is 11.6 Å². The Hall–Kier alpha value is -1.59. The third-order valence-electron chi connectivity index (χ3n) is 3.90. The number of imidazole rings is 1. The highest BCUT2D eigenvalue weighted by Crippen LogP contribution is 2.23. The quantitative estimate of drug-likeness (QED) is 0.881. The molecular formula is C14H17ClN4O.